The highest BCUT2D eigenvalue weighted by atomic mass is 32.2. The molecule has 7 heteroatoms. The summed E-state index contributed by atoms with van der Waals surface area (Å²) in [6.07, 6.45) is 5.89. The van der Waals surface area contributed by atoms with E-state index in [0.717, 1.165) is 15.5 Å². The highest BCUT2D eigenvalue weighted by molar-refractivity contribution is 8.00. The van der Waals surface area contributed by atoms with Crippen molar-refractivity contribution in [2.45, 2.75) is 48.7 Å². The molecule has 1 aliphatic carbocycles. The number of carbonyl (C=O) groups excluding carboxylic acids is 1. The second-order valence-electron chi connectivity index (χ2n) is 6.56. The molecule has 0 unspecified atom stereocenters. The fraction of sp³-hybridized carbons (Fsp3) is 0.350. The summed E-state index contributed by atoms with van der Waals surface area (Å²) in [7, 11) is 0. The van der Waals surface area contributed by atoms with Crippen LogP contribution in [0.25, 0.3) is 10.7 Å². The summed E-state index contributed by atoms with van der Waals surface area (Å²) in [5, 5.41) is 9.66. The maximum atomic E-state index is 12.4. The fourth-order valence-electron chi connectivity index (χ4n) is 3.15. The van der Waals surface area contributed by atoms with Crippen LogP contribution >= 0.6 is 23.1 Å². The lowest BCUT2D eigenvalue weighted by molar-refractivity contribution is -0.116. The molecular weight excluding hydrogens is 378 g/mol. The number of nitrogens with one attached hydrogen (secondary N) is 1. The Labute approximate surface area is 166 Å². The largest absolute Gasteiger partial charge is 0.339 e. The van der Waals surface area contributed by atoms with Crippen molar-refractivity contribution in [2.24, 2.45) is 0 Å². The van der Waals surface area contributed by atoms with Crippen LogP contribution in [0.15, 0.2) is 51.2 Å². The van der Waals surface area contributed by atoms with Gasteiger partial charge >= 0.3 is 0 Å². The summed E-state index contributed by atoms with van der Waals surface area (Å²) in [4.78, 5) is 18.9. The third-order valence-corrected chi connectivity index (χ3v) is 6.81. The Morgan fingerprint density at radius 3 is 2.89 bits per heavy atom. The Kier molecular flexibility index (Phi) is 5.89. The predicted octanol–water partition coefficient (Wildman–Crippen LogP) is 5.40. The summed E-state index contributed by atoms with van der Waals surface area (Å²) in [6, 6.07) is 11.9. The smallest absolute Gasteiger partial charge is 0.227 e. The number of hydrogen-bond acceptors (Lipinski definition) is 6. The SMILES string of the molecule is O=C(CCc1nc(-c2cccs2)no1)Nc1ccccc1SC1CCCC1. The molecule has 140 valence electrons. The third kappa shape index (κ3) is 4.78. The van der Waals surface area contributed by atoms with Crippen molar-refractivity contribution < 1.29 is 9.32 Å². The molecule has 1 fully saturated rings. The number of anilines is 1. The molecule has 2 heterocycles. The number of carbonyl (C=O) groups is 1. The van der Waals surface area contributed by atoms with Crippen LogP contribution in [0, 0.1) is 0 Å². The molecule has 0 spiro atoms. The molecule has 3 aromatic rings. The van der Waals surface area contributed by atoms with E-state index in [2.05, 4.69) is 21.5 Å². The summed E-state index contributed by atoms with van der Waals surface area (Å²) < 4.78 is 5.26. The van der Waals surface area contributed by atoms with Crippen molar-refractivity contribution >= 4 is 34.7 Å². The van der Waals surface area contributed by atoms with Gasteiger partial charge in [0, 0.05) is 23.0 Å². The molecule has 1 N–H and O–H groups in total. The molecule has 0 aliphatic heterocycles. The van der Waals surface area contributed by atoms with Gasteiger partial charge < -0.3 is 9.84 Å². The molecule has 5 nitrogen and oxygen atoms in total. The van der Waals surface area contributed by atoms with E-state index in [1.54, 1.807) is 11.3 Å². The molecular formula is C20H21N3O2S2. The maximum Gasteiger partial charge on any atom is 0.227 e. The quantitative estimate of drug-likeness (QED) is 0.576. The highest BCUT2D eigenvalue weighted by Gasteiger charge is 2.18. The number of benzene rings is 1. The van der Waals surface area contributed by atoms with Crippen molar-refractivity contribution in [3.63, 3.8) is 0 Å². The van der Waals surface area contributed by atoms with Crippen LogP contribution in [0.1, 0.15) is 38.0 Å². The Morgan fingerprint density at radius 1 is 1.22 bits per heavy atom. The number of aromatic nitrogens is 2. The number of para-hydroxylation sites is 1. The van der Waals surface area contributed by atoms with Crippen molar-refractivity contribution in [2.75, 3.05) is 5.32 Å². The maximum absolute atomic E-state index is 12.4. The topological polar surface area (TPSA) is 68.0 Å². The van der Waals surface area contributed by atoms with E-state index >= 15 is 0 Å². The lowest BCUT2D eigenvalue weighted by atomic mass is 10.2. The summed E-state index contributed by atoms with van der Waals surface area (Å²) in [5.74, 6) is 1.03. The van der Waals surface area contributed by atoms with Crippen LogP contribution < -0.4 is 5.32 Å². The third-order valence-electron chi connectivity index (χ3n) is 4.53. The first-order chi connectivity index (χ1) is 13.3. The van der Waals surface area contributed by atoms with Crippen LogP contribution in [-0.2, 0) is 11.2 Å². The first-order valence-corrected chi connectivity index (χ1v) is 11.0. The van der Waals surface area contributed by atoms with Gasteiger partial charge in [-0.05, 0) is 36.4 Å². The number of nitrogens with zero attached hydrogens (tertiary/aromatic N) is 2. The van der Waals surface area contributed by atoms with E-state index in [4.69, 9.17) is 4.52 Å². The van der Waals surface area contributed by atoms with Gasteiger partial charge in [0.25, 0.3) is 0 Å². The Hall–Kier alpha value is -2.12. The molecule has 1 saturated carbocycles. The van der Waals surface area contributed by atoms with Crippen LogP contribution in [0.2, 0.25) is 0 Å². The van der Waals surface area contributed by atoms with Gasteiger partial charge in [0.2, 0.25) is 17.6 Å². The Bertz CT molecular complexity index is 886. The van der Waals surface area contributed by atoms with Gasteiger partial charge in [0.15, 0.2) is 0 Å². The molecule has 0 saturated heterocycles. The molecule has 1 amide bonds. The van der Waals surface area contributed by atoms with E-state index in [9.17, 15) is 4.79 Å². The molecule has 0 atom stereocenters. The molecule has 2 aromatic heterocycles. The minimum Gasteiger partial charge on any atom is -0.339 e. The average molecular weight is 400 g/mol. The van der Waals surface area contributed by atoms with Crippen molar-refractivity contribution in [3.05, 3.63) is 47.7 Å². The minimum absolute atomic E-state index is 0.0367. The first-order valence-electron chi connectivity index (χ1n) is 9.20. The van der Waals surface area contributed by atoms with Gasteiger partial charge in [-0.2, -0.15) is 4.98 Å². The first kappa shape index (κ1) is 18.3. The van der Waals surface area contributed by atoms with Gasteiger partial charge in [-0.1, -0.05) is 36.2 Å². The van der Waals surface area contributed by atoms with E-state index in [-0.39, 0.29) is 5.91 Å². The fourth-order valence-corrected chi connectivity index (χ4v) is 5.13. The van der Waals surface area contributed by atoms with E-state index < -0.39 is 0 Å². The molecule has 27 heavy (non-hydrogen) atoms. The van der Waals surface area contributed by atoms with Gasteiger partial charge in [-0.15, -0.1) is 23.1 Å². The number of amides is 1. The summed E-state index contributed by atoms with van der Waals surface area (Å²) >= 11 is 3.44. The number of hydrogen-bond donors (Lipinski definition) is 1. The molecule has 1 aliphatic rings. The number of thiophene rings is 1. The van der Waals surface area contributed by atoms with Crippen LogP contribution in [0.3, 0.4) is 0 Å². The predicted molar refractivity (Wildman–Crippen MR) is 109 cm³/mol. The average Bonchev–Trinajstić information content (AvgIpc) is 3.43. The van der Waals surface area contributed by atoms with Gasteiger partial charge in [-0.25, -0.2) is 0 Å². The molecule has 1 aromatic carbocycles. The molecule has 0 radical (unpaired) electrons. The van der Waals surface area contributed by atoms with E-state index in [1.165, 1.54) is 25.7 Å². The second-order valence-corrected chi connectivity index (χ2v) is 8.85. The van der Waals surface area contributed by atoms with Crippen molar-refractivity contribution in [1.82, 2.24) is 10.1 Å². The monoisotopic (exact) mass is 399 g/mol. The zero-order valence-electron chi connectivity index (χ0n) is 14.9. The number of rotatable bonds is 7. The second kappa shape index (κ2) is 8.71. The summed E-state index contributed by atoms with van der Waals surface area (Å²) in [5.41, 5.74) is 0.893. The zero-order valence-corrected chi connectivity index (χ0v) is 16.5. The van der Waals surface area contributed by atoms with Crippen molar-refractivity contribution in [1.29, 1.82) is 0 Å². The van der Waals surface area contributed by atoms with Gasteiger partial charge in [0.1, 0.15) is 0 Å². The Morgan fingerprint density at radius 2 is 2.07 bits per heavy atom. The van der Waals surface area contributed by atoms with Gasteiger partial charge in [-0.3, -0.25) is 4.79 Å². The number of thioether (sulfide) groups is 1. The Balaban J connectivity index is 1.33. The zero-order chi connectivity index (χ0) is 18.5. The molecule has 0 bridgehead atoms. The standard InChI is InChI=1S/C20H21N3O2S2/c24-18(11-12-19-22-20(23-25-19)17-10-5-13-26-17)21-15-8-3-4-9-16(15)27-14-6-1-2-7-14/h3-5,8-10,13-14H,1-2,6-7,11-12H2,(H,21,24). The highest BCUT2D eigenvalue weighted by Crippen LogP contribution is 2.38. The van der Waals surface area contributed by atoms with Crippen molar-refractivity contribution in [3.8, 4) is 10.7 Å². The van der Waals surface area contributed by atoms with Crippen LogP contribution in [0.4, 0.5) is 5.69 Å². The minimum atomic E-state index is -0.0367. The molecule has 4 rings (SSSR count). The lowest BCUT2D eigenvalue weighted by Crippen LogP contribution is -2.13. The van der Waals surface area contributed by atoms with Crippen LogP contribution in [0.5, 0.6) is 0 Å². The lowest BCUT2D eigenvalue weighted by Gasteiger charge is -2.13. The van der Waals surface area contributed by atoms with Gasteiger partial charge in [0.05, 0.1) is 10.6 Å². The van der Waals surface area contributed by atoms with E-state index in [1.807, 2.05) is 47.5 Å². The normalized spacial score (nSPS) is 14.5. The summed E-state index contributed by atoms with van der Waals surface area (Å²) in [6.45, 7) is 0. The number of aryl methyl sites for hydroxylation is 1. The van der Waals surface area contributed by atoms with Crippen LogP contribution in [-0.4, -0.2) is 21.3 Å². The van der Waals surface area contributed by atoms with E-state index in [0.29, 0.717) is 29.8 Å².